The number of hydrogen-bond acceptors (Lipinski definition) is 29. The molecule has 12 rings (SSSR count). The first kappa shape index (κ1) is 119. The van der Waals surface area contributed by atoms with Gasteiger partial charge in [0.2, 0.25) is 5.82 Å². The number of aliphatic hydroxyl groups excluding tert-OH is 1. The van der Waals surface area contributed by atoms with Crippen LogP contribution in [0.4, 0.5) is 57.0 Å². The fourth-order valence-electron chi connectivity index (χ4n) is 13.6. The number of nitrogens with two attached hydrogens (primary N) is 2. The van der Waals surface area contributed by atoms with Crippen LogP contribution >= 0.6 is 0 Å². The van der Waals surface area contributed by atoms with Gasteiger partial charge in [-0.25, -0.2) is 45.1 Å². The Bertz CT molecular complexity index is 6830. The van der Waals surface area contributed by atoms with Crippen molar-refractivity contribution in [3.05, 3.63) is 338 Å². The van der Waals surface area contributed by atoms with Gasteiger partial charge in [0.25, 0.3) is 16.7 Å². The van der Waals surface area contributed by atoms with Crippen LogP contribution in [0.3, 0.4) is 0 Å². The highest BCUT2D eigenvalue weighted by Gasteiger charge is 2.37. The summed E-state index contributed by atoms with van der Waals surface area (Å²) >= 11 is 0. The number of nitrogens with one attached hydrogen (secondary N) is 1. The quantitative estimate of drug-likeness (QED) is 0.00607. The number of amides is 1. The van der Waals surface area contributed by atoms with Crippen LogP contribution in [0, 0.1) is 83.3 Å². The Morgan fingerprint density at radius 3 is 1.25 bits per heavy atom. The van der Waals surface area contributed by atoms with Gasteiger partial charge >= 0.3 is 35.7 Å². The fourth-order valence-corrected chi connectivity index (χ4v) is 13.6. The number of carboxylic acids is 1. The van der Waals surface area contributed by atoms with Crippen molar-refractivity contribution in [2.75, 3.05) is 89.3 Å². The van der Waals surface area contributed by atoms with Gasteiger partial charge in [-0.1, -0.05) is 60.2 Å². The number of para-hydroxylation sites is 5. The topological polar surface area (TPSA) is 478 Å². The highest BCUT2D eigenvalue weighted by Crippen LogP contribution is 2.39. The number of carbonyl (C=O) groups excluding carboxylic acids is 8. The number of ketones is 4. The first-order chi connectivity index (χ1) is 69.0. The fraction of sp³-hybridized carbons (Fsp3) is 0.262. The monoisotopic (exact) mass is 2040 g/mol. The molecule has 43 heteroatoms. The minimum Gasteiger partial charge on any atom is -0.496 e. The van der Waals surface area contributed by atoms with E-state index < -0.39 is 151 Å². The number of aliphatic hydroxyl groups is 1. The van der Waals surface area contributed by atoms with Crippen molar-refractivity contribution in [3.8, 4) is 63.1 Å². The lowest BCUT2D eigenvalue weighted by atomic mass is 9.83. The van der Waals surface area contributed by atoms with Crippen molar-refractivity contribution in [2.45, 2.75) is 98.7 Å². The molecule has 3 atom stereocenters. The molecule has 7 N–H and O–H groups in total. The van der Waals surface area contributed by atoms with Gasteiger partial charge in [-0.05, 0) is 195 Å². The highest BCUT2D eigenvalue weighted by molar-refractivity contribution is 6.04. The number of hydrogen-bond donors (Lipinski definition) is 5. The Balaban J connectivity index is 0.000000297. The summed E-state index contributed by atoms with van der Waals surface area (Å²) in [5.41, 5.74) is 9.43. The summed E-state index contributed by atoms with van der Waals surface area (Å²) in [5, 5.41) is 31.6. The molecule has 1 aliphatic carbocycles. The second kappa shape index (κ2) is 56.4. The maximum atomic E-state index is 14.3. The average Bonchev–Trinajstić information content (AvgIpc) is 0.792. The number of pyridine rings is 3. The number of nitrogens with zero attached hydrogens (tertiary/aromatic N) is 4. The first-order valence-electron chi connectivity index (χ1n) is 43.0. The van der Waals surface area contributed by atoms with E-state index in [1.54, 1.807) is 109 Å². The molecule has 3 heterocycles. The second-order valence-corrected chi connectivity index (χ2v) is 31.4. The zero-order chi connectivity index (χ0) is 110. The van der Waals surface area contributed by atoms with E-state index in [1.165, 1.54) is 199 Å². The lowest BCUT2D eigenvalue weighted by molar-refractivity contribution is -0.388. The predicted molar refractivity (Wildman–Crippen MR) is 518 cm³/mol. The van der Waals surface area contributed by atoms with Gasteiger partial charge in [0.15, 0.2) is 34.8 Å². The number of nitro groups is 1. The van der Waals surface area contributed by atoms with Crippen molar-refractivity contribution < 1.29 is 150 Å². The summed E-state index contributed by atoms with van der Waals surface area (Å²) in [6.45, 7) is 13.0. The summed E-state index contributed by atoms with van der Waals surface area (Å²) in [7, 11) is 14.4. The zero-order valence-corrected chi connectivity index (χ0v) is 82.5. The second-order valence-electron chi connectivity index (χ2n) is 31.4. The molecule has 3 aromatic heterocycles. The molecule has 0 aliphatic heterocycles. The van der Waals surface area contributed by atoms with Gasteiger partial charge in [-0.15, -0.1) is 0 Å². The predicted octanol–water partition coefficient (Wildman–Crippen LogP) is 15.7. The molecule has 1 aliphatic rings. The van der Waals surface area contributed by atoms with Gasteiger partial charge in [-0.3, -0.25) is 72.3 Å². The lowest BCUT2D eigenvalue weighted by Gasteiger charge is -2.22. The molecule has 0 fully saturated rings. The number of nitrogen functional groups attached to an aromatic ring is 1. The molecule has 8 aromatic carbocycles. The third-order valence-electron chi connectivity index (χ3n) is 20.5. The molecule has 0 radical (unpaired) electrons. The van der Waals surface area contributed by atoms with Crippen LogP contribution in [0.2, 0.25) is 0 Å². The summed E-state index contributed by atoms with van der Waals surface area (Å²) in [4.78, 5) is 151. The molecule has 778 valence electrons. The van der Waals surface area contributed by atoms with Crippen molar-refractivity contribution in [2.24, 2.45) is 11.7 Å². The minimum absolute atomic E-state index is 0.0136. The van der Waals surface area contributed by atoms with E-state index in [0.717, 1.165) is 38.5 Å². The van der Waals surface area contributed by atoms with Crippen molar-refractivity contribution in [3.63, 3.8) is 0 Å². The number of allylic oxidation sites excluding steroid dienone is 4. The molecule has 3 unspecified atom stereocenters. The molecule has 0 spiro atoms. The number of aromatic carboxylic acids is 1. The number of anilines is 2. The van der Waals surface area contributed by atoms with E-state index in [4.69, 9.17) is 54.5 Å². The minimum atomic E-state index is -1.56. The number of carboxylic acid groups (broad SMARTS) is 1. The maximum Gasteiger partial charge on any atom is 0.412 e. The first-order valence-corrected chi connectivity index (χ1v) is 43.0. The van der Waals surface area contributed by atoms with E-state index in [9.17, 15) is 108 Å². The Labute approximate surface area is 831 Å². The molecule has 35 nitrogen and oxygen atoms in total. The molecule has 0 saturated carbocycles. The number of methoxy groups -OCH3 is 11. The smallest absolute Gasteiger partial charge is 0.412 e. The number of nitro benzene ring substituents is 1. The SMILES string of the molecule is COC(=O)C(C(=O)Cc1c(F)cccc1OC)C(O)CC(C)=O.COC(=O)CC(=O)Cc1c(F)cccc1OC.COC(=O)c1ccc(C)n(-c2c(F)cccc2OC)c1=O.COc1cccc(F)c1-n1c(C)ccc(C(=O)O)c1=O.COc1cccc(F)c1-n1c(C)ccc(NC(=O)OC(C)(C)C)c1=O.COc1cccc(F)c1C1C(=O)C(N)=CC=C1C.COc1cccc(F)c1N.COc1cccc(F)c1[N+](=O)[O-]. The molecule has 0 bridgehead atoms. The van der Waals surface area contributed by atoms with Crippen LogP contribution < -0.4 is 71.4 Å². The third kappa shape index (κ3) is 32.1. The standard InChI is InChI=1S/C18H21FN2O4.C16H19FO6.C15H14FNO4.C14H12FNO4.C14H14FNO2.C12H13FO4.C7H6FNO3.C7H8FNO/c1-11-9-10-13(20-17(23)25-18(2,3)4)16(22)21(11)15-12(19)7-6-8-14(15)24-5;1-9(18)7-12(19)15(16(21)23-3)13(20)8-10-11(17)5-4-6-14(10)22-2;1-9-7-8-10(15(19)21-3)14(18)17(9)13-11(16)5-4-6-12(13)20-2;1-8-6-7-9(14(18)19)13(17)16(8)12-10(15)4-3-5-11(12)20-2;1-8-6-7-10(16)14(17)12(8)13-9(15)4-3-5-11(13)18-2;1-16-11-5-3-4-10(13)9(11)6-8(14)7-12(15)17-2;1-12-6-4-2-3-5(8)7(6)9(10)11;1-10-6-4-2-3-5(8)7(6)9/h6-10H,1-5H3,(H,20,23);4-6,12,15,19H,7-8H2,1-3H3;4-8H,1-3H3;3-7H,1-2H3,(H,18,19);3-7,12H,16H2,1-2H3;3-5H,6-7H2,1-2H3;2-4H,1H3;2-4H,9H2,1H3. The lowest BCUT2D eigenvalue weighted by Crippen LogP contribution is -2.38. The number of halogens is 8. The zero-order valence-electron chi connectivity index (χ0n) is 82.5. The van der Waals surface area contributed by atoms with Crippen LogP contribution in [0.15, 0.2) is 220 Å². The van der Waals surface area contributed by atoms with Crippen LogP contribution in [-0.4, -0.2) is 172 Å². The Morgan fingerprint density at radius 1 is 0.459 bits per heavy atom. The van der Waals surface area contributed by atoms with E-state index in [-0.39, 0.29) is 116 Å². The summed E-state index contributed by atoms with van der Waals surface area (Å²) in [6.07, 6.45) is -0.413. The van der Waals surface area contributed by atoms with E-state index in [1.807, 2.05) is 0 Å². The number of aromatic nitrogens is 3. The van der Waals surface area contributed by atoms with Crippen LogP contribution in [0.1, 0.15) is 108 Å². The summed E-state index contributed by atoms with van der Waals surface area (Å²) in [6, 6.07) is 42.2. The molecular weight excluding hydrogens is 1940 g/mol. The molecule has 146 heavy (non-hydrogen) atoms. The van der Waals surface area contributed by atoms with Crippen LogP contribution in [0.25, 0.3) is 17.1 Å². The van der Waals surface area contributed by atoms with Gasteiger partial charge < -0.3 is 78.5 Å². The molecule has 0 saturated heterocycles. The van der Waals surface area contributed by atoms with Crippen molar-refractivity contribution in [1.29, 1.82) is 0 Å². The number of rotatable bonds is 27. The van der Waals surface area contributed by atoms with Crippen molar-refractivity contribution in [1.82, 2.24) is 13.7 Å². The molecular formula is C103H107F8N7O28. The van der Waals surface area contributed by atoms with Gasteiger partial charge in [0.1, 0.15) is 133 Å². The highest BCUT2D eigenvalue weighted by atomic mass is 19.2. The summed E-state index contributed by atoms with van der Waals surface area (Å²) in [5.74, 6) is -11.1. The Kier molecular flexibility index (Phi) is 46.0. The number of benzene rings is 8. The Hall–Kier alpha value is -17.3. The van der Waals surface area contributed by atoms with E-state index in [2.05, 4.69) is 24.3 Å². The van der Waals surface area contributed by atoms with Gasteiger partial charge in [0.05, 0.1) is 101 Å². The average molecular weight is 2040 g/mol. The van der Waals surface area contributed by atoms with E-state index in [0.29, 0.717) is 34.3 Å². The molecule has 1 amide bonds. The maximum absolute atomic E-state index is 14.3. The third-order valence-corrected chi connectivity index (χ3v) is 20.5. The van der Waals surface area contributed by atoms with Crippen LogP contribution in [-0.2, 0) is 60.6 Å². The number of carbonyl (C=O) groups is 9. The van der Waals surface area contributed by atoms with Crippen LogP contribution in [0.5, 0.6) is 46.0 Å². The number of Topliss-reactive ketones (excluding diaryl/α,β-unsaturated/α-hetero) is 4. The molecule has 11 aromatic rings. The summed E-state index contributed by atoms with van der Waals surface area (Å²) < 4.78 is 171. The van der Waals surface area contributed by atoms with Gasteiger partial charge in [0, 0.05) is 53.0 Å². The number of aryl methyl sites for hydroxylation is 3. The largest absolute Gasteiger partial charge is 0.496 e. The Morgan fingerprint density at radius 2 is 0.842 bits per heavy atom. The van der Waals surface area contributed by atoms with Gasteiger partial charge in [-0.2, -0.15) is 4.39 Å². The normalized spacial score (nSPS) is 11.8. The van der Waals surface area contributed by atoms with Crippen molar-refractivity contribution >= 4 is 70.2 Å². The number of esters is 3. The van der Waals surface area contributed by atoms with E-state index >= 15 is 0 Å². The number of ether oxygens (including phenoxy) is 12.